The van der Waals surface area contributed by atoms with Crippen LogP contribution in [0, 0.1) is 5.82 Å². The first-order chi connectivity index (χ1) is 9.98. The highest BCUT2D eigenvalue weighted by atomic mass is 19.1. The fourth-order valence-electron chi connectivity index (χ4n) is 2.43. The Balaban J connectivity index is 2.30. The van der Waals surface area contributed by atoms with Crippen LogP contribution in [0.5, 0.6) is 0 Å². The van der Waals surface area contributed by atoms with E-state index in [0.29, 0.717) is 12.0 Å². The number of carboxylic acid groups (broad SMARTS) is 1. The maximum absolute atomic E-state index is 13.4. The Morgan fingerprint density at radius 1 is 1.52 bits per heavy atom. The second-order valence-corrected chi connectivity index (χ2v) is 5.12. The smallest absolute Gasteiger partial charge is 0.315 e. The van der Waals surface area contributed by atoms with Gasteiger partial charge in [0.25, 0.3) is 0 Å². The maximum atomic E-state index is 13.4. The van der Waals surface area contributed by atoms with Crippen LogP contribution in [0.4, 0.5) is 4.39 Å². The van der Waals surface area contributed by atoms with Gasteiger partial charge in [0, 0.05) is 19.8 Å². The Morgan fingerprint density at radius 3 is 2.81 bits per heavy atom. The Morgan fingerprint density at radius 2 is 2.29 bits per heavy atom. The molecule has 0 aliphatic rings. The van der Waals surface area contributed by atoms with E-state index in [4.69, 9.17) is 5.73 Å². The van der Waals surface area contributed by atoms with Crippen molar-refractivity contribution in [2.24, 2.45) is 12.8 Å². The molecule has 0 saturated carbocycles. The lowest BCUT2D eigenvalue weighted by atomic mass is 9.76. The number of hydrogen-bond donors (Lipinski definition) is 2. The standard InChI is InChI=1S/C15H18FN3O2/c1-19-9-11(8-18-19)5-6-15(10-17,14(20)21)12-3-2-4-13(16)7-12/h2-4,7-9H,5-6,10,17H2,1H3,(H,20,21). The Labute approximate surface area is 122 Å². The van der Waals surface area contributed by atoms with Crippen molar-refractivity contribution in [1.29, 1.82) is 0 Å². The van der Waals surface area contributed by atoms with Crippen LogP contribution in [0.3, 0.4) is 0 Å². The number of nitrogens with zero attached hydrogens (tertiary/aromatic N) is 2. The Kier molecular flexibility index (Phi) is 4.37. The van der Waals surface area contributed by atoms with Crippen LogP contribution in [0.1, 0.15) is 17.5 Å². The van der Waals surface area contributed by atoms with Crippen LogP contribution in [0.15, 0.2) is 36.7 Å². The normalized spacial score (nSPS) is 13.9. The molecule has 5 nitrogen and oxygen atoms in total. The molecule has 21 heavy (non-hydrogen) atoms. The number of aliphatic carboxylic acids is 1. The van der Waals surface area contributed by atoms with E-state index in [1.807, 2.05) is 6.20 Å². The summed E-state index contributed by atoms with van der Waals surface area (Å²) in [5.74, 6) is -1.51. The van der Waals surface area contributed by atoms with Crippen molar-refractivity contribution in [3.63, 3.8) is 0 Å². The number of carbonyl (C=O) groups is 1. The first kappa shape index (κ1) is 15.2. The van der Waals surface area contributed by atoms with Gasteiger partial charge in [0.15, 0.2) is 0 Å². The minimum absolute atomic E-state index is 0.0912. The molecule has 0 aliphatic carbocycles. The highest BCUT2D eigenvalue weighted by Gasteiger charge is 2.39. The van der Waals surface area contributed by atoms with Crippen LogP contribution in [0.2, 0.25) is 0 Å². The minimum atomic E-state index is -1.29. The summed E-state index contributed by atoms with van der Waals surface area (Å²) in [7, 11) is 1.80. The third kappa shape index (κ3) is 3.11. The molecule has 3 N–H and O–H groups in total. The number of rotatable bonds is 6. The topological polar surface area (TPSA) is 81.1 Å². The molecule has 2 aromatic rings. The zero-order valence-corrected chi connectivity index (χ0v) is 11.8. The number of carboxylic acids is 1. The van der Waals surface area contributed by atoms with Crippen molar-refractivity contribution in [2.45, 2.75) is 18.3 Å². The molecule has 1 aromatic heterocycles. The highest BCUT2D eigenvalue weighted by molar-refractivity contribution is 5.81. The number of hydrogen-bond acceptors (Lipinski definition) is 3. The lowest BCUT2D eigenvalue weighted by Crippen LogP contribution is -2.43. The molecule has 6 heteroatoms. The fourth-order valence-corrected chi connectivity index (χ4v) is 2.43. The molecule has 1 heterocycles. The summed E-state index contributed by atoms with van der Waals surface area (Å²) in [4.78, 5) is 11.8. The lowest BCUT2D eigenvalue weighted by Gasteiger charge is -2.28. The van der Waals surface area contributed by atoms with Gasteiger partial charge in [-0.3, -0.25) is 9.48 Å². The summed E-state index contributed by atoms with van der Waals surface area (Å²) in [6.45, 7) is -0.0912. The predicted molar refractivity (Wildman–Crippen MR) is 76.3 cm³/mol. The van der Waals surface area contributed by atoms with Crippen molar-refractivity contribution >= 4 is 5.97 Å². The largest absolute Gasteiger partial charge is 0.481 e. The summed E-state index contributed by atoms with van der Waals surface area (Å²) in [6.07, 6.45) is 4.31. The number of aryl methyl sites for hydroxylation is 2. The van der Waals surface area contributed by atoms with Gasteiger partial charge in [0.2, 0.25) is 0 Å². The third-order valence-corrected chi connectivity index (χ3v) is 3.73. The molecule has 0 amide bonds. The van der Waals surface area contributed by atoms with Crippen LogP contribution in [-0.2, 0) is 23.7 Å². The maximum Gasteiger partial charge on any atom is 0.315 e. The molecule has 0 radical (unpaired) electrons. The van der Waals surface area contributed by atoms with Crippen LogP contribution in [0.25, 0.3) is 0 Å². The van der Waals surface area contributed by atoms with Gasteiger partial charge >= 0.3 is 5.97 Å². The molecular weight excluding hydrogens is 273 g/mol. The molecule has 1 atom stereocenters. The van der Waals surface area contributed by atoms with E-state index >= 15 is 0 Å². The molecular formula is C15H18FN3O2. The molecule has 0 spiro atoms. The lowest BCUT2D eigenvalue weighted by molar-refractivity contribution is -0.143. The number of aromatic nitrogens is 2. The number of nitrogens with two attached hydrogens (primary N) is 1. The first-order valence-electron chi connectivity index (χ1n) is 6.65. The molecule has 1 aromatic carbocycles. The number of benzene rings is 1. The van der Waals surface area contributed by atoms with Crippen LogP contribution in [-0.4, -0.2) is 27.4 Å². The molecule has 0 fully saturated rings. The second kappa shape index (κ2) is 6.05. The van der Waals surface area contributed by atoms with Gasteiger partial charge in [-0.15, -0.1) is 0 Å². The summed E-state index contributed by atoms with van der Waals surface area (Å²) < 4.78 is 15.1. The molecule has 0 aliphatic heterocycles. The van der Waals surface area contributed by atoms with Crippen molar-refractivity contribution in [3.8, 4) is 0 Å². The van der Waals surface area contributed by atoms with E-state index in [2.05, 4.69) is 5.10 Å². The van der Waals surface area contributed by atoms with Crippen LogP contribution >= 0.6 is 0 Å². The average Bonchev–Trinajstić information content (AvgIpc) is 2.85. The average molecular weight is 291 g/mol. The predicted octanol–water partition coefficient (Wildman–Crippen LogP) is 1.47. The van der Waals surface area contributed by atoms with Gasteiger partial charge in [0.1, 0.15) is 11.2 Å². The monoisotopic (exact) mass is 291 g/mol. The minimum Gasteiger partial charge on any atom is -0.481 e. The molecule has 2 rings (SSSR count). The van der Waals surface area contributed by atoms with E-state index in [1.54, 1.807) is 24.0 Å². The summed E-state index contributed by atoms with van der Waals surface area (Å²) in [5, 5.41) is 13.7. The highest BCUT2D eigenvalue weighted by Crippen LogP contribution is 2.29. The van der Waals surface area contributed by atoms with Gasteiger partial charge in [-0.25, -0.2) is 4.39 Å². The van der Waals surface area contributed by atoms with Crippen molar-refractivity contribution < 1.29 is 14.3 Å². The molecule has 0 saturated heterocycles. The molecule has 0 bridgehead atoms. The Bertz CT molecular complexity index is 641. The number of halogens is 1. The van der Waals surface area contributed by atoms with Gasteiger partial charge < -0.3 is 10.8 Å². The van der Waals surface area contributed by atoms with E-state index in [9.17, 15) is 14.3 Å². The van der Waals surface area contributed by atoms with Crippen molar-refractivity contribution in [3.05, 3.63) is 53.6 Å². The SMILES string of the molecule is Cn1cc(CCC(CN)(C(=O)O)c2cccc(F)c2)cn1. The summed E-state index contributed by atoms with van der Waals surface area (Å²) in [6, 6.07) is 5.63. The van der Waals surface area contributed by atoms with E-state index < -0.39 is 17.2 Å². The van der Waals surface area contributed by atoms with Gasteiger partial charge in [-0.2, -0.15) is 5.10 Å². The zero-order chi connectivity index (χ0) is 15.5. The van der Waals surface area contributed by atoms with Gasteiger partial charge in [-0.05, 0) is 36.1 Å². The van der Waals surface area contributed by atoms with Crippen molar-refractivity contribution in [2.75, 3.05) is 6.54 Å². The second-order valence-electron chi connectivity index (χ2n) is 5.12. The van der Waals surface area contributed by atoms with Crippen molar-refractivity contribution in [1.82, 2.24) is 9.78 Å². The van der Waals surface area contributed by atoms with Gasteiger partial charge in [0.05, 0.1) is 6.20 Å². The quantitative estimate of drug-likeness (QED) is 0.844. The zero-order valence-electron chi connectivity index (χ0n) is 11.8. The Hall–Kier alpha value is -2.21. The van der Waals surface area contributed by atoms with E-state index in [0.717, 1.165) is 5.56 Å². The molecule has 112 valence electrons. The molecule has 1 unspecified atom stereocenters. The van der Waals surface area contributed by atoms with Crippen LogP contribution < -0.4 is 5.73 Å². The summed E-state index contributed by atoms with van der Waals surface area (Å²) >= 11 is 0. The first-order valence-corrected chi connectivity index (χ1v) is 6.65. The third-order valence-electron chi connectivity index (χ3n) is 3.73. The fraction of sp³-hybridized carbons (Fsp3) is 0.333. The van der Waals surface area contributed by atoms with E-state index in [-0.39, 0.29) is 13.0 Å². The van der Waals surface area contributed by atoms with E-state index in [1.165, 1.54) is 18.2 Å². The summed E-state index contributed by atoms with van der Waals surface area (Å²) in [5.41, 5.74) is 5.76. The van der Waals surface area contributed by atoms with Gasteiger partial charge in [-0.1, -0.05) is 12.1 Å².